The van der Waals surface area contributed by atoms with Crippen molar-refractivity contribution in [2.45, 2.75) is 30.8 Å². The maximum Gasteiger partial charge on any atom is 0.303 e. The Balaban J connectivity index is 0.000000244. The van der Waals surface area contributed by atoms with Gasteiger partial charge in [-0.1, -0.05) is 11.8 Å². The highest BCUT2D eigenvalue weighted by Gasteiger charge is 2.10. The van der Waals surface area contributed by atoms with Crippen molar-refractivity contribution in [3.63, 3.8) is 0 Å². The molecule has 0 aliphatic carbocycles. The summed E-state index contributed by atoms with van der Waals surface area (Å²) < 4.78 is 25.5. The first-order valence-electron chi connectivity index (χ1n) is 12.5. The number of aromatic nitrogens is 6. The highest BCUT2D eigenvalue weighted by Crippen LogP contribution is 2.13. The van der Waals surface area contributed by atoms with Gasteiger partial charge in [0.2, 0.25) is 11.9 Å². The van der Waals surface area contributed by atoms with E-state index in [0.717, 1.165) is 11.8 Å². The first kappa shape index (κ1) is 33.0. The highest BCUT2D eigenvalue weighted by atomic mass is 32.2. The van der Waals surface area contributed by atoms with E-state index in [1.807, 2.05) is 0 Å². The number of aryl methyl sites for hydroxylation is 2. The number of nitrogens with one attached hydrogen (secondary N) is 4. The molecule has 0 radical (unpaired) electrons. The smallest absolute Gasteiger partial charge is 0.303 e. The van der Waals surface area contributed by atoms with Crippen molar-refractivity contribution in [1.29, 1.82) is 0 Å². The molecule has 2 heterocycles. The molecule has 15 nitrogen and oxygen atoms in total. The van der Waals surface area contributed by atoms with E-state index in [2.05, 4.69) is 41.0 Å². The quantitative estimate of drug-likeness (QED) is 0.123. The van der Waals surface area contributed by atoms with Crippen LogP contribution in [0.25, 0.3) is 0 Å². The number of carbonyl (C=O) groups excluding carboxylic acids is 1. The van der Waals surface area contributed by atoms with Crippen LogP contribution in [0.5, 0.6) is 0 Å². The average molecular weight is 631 g/mol. The predicted molar refractivity (Wildman–Crippen MR) is 153 cm³/mol. The molecule has 2 aromatic carbocycles. The molecule has 0 spiro atoms. The molecule has 0 aliphatic rings. The number of benzene rings is 2. The molecule has 0 saturated heterocycles. The Bertz CT molecular complexity index is 1720. The van der Waals surface area contributed by atoms with Crippen LogP contribution in [0.1, 0.15) is 24.2 Å². The lowest BCUT2D eigenvalue weighted by Crippen LogP contribution is -2.19. The molecular weight excluding hydrogens is 606 g/mol. The topological polar surface area (TPSA) is 233 Å². The van der Waals surface area contributed by atoms with E-state index in [4.69, 9.17) is 10.2 Å². The number of anilines is 3. The maximum atomic E-state index is 12.8. The van der Waals surface area contributed by atoms with Crippen molar-refractivity contribution in [1.82, 2.24) is 30.4 Å². The van der Waals surface area contributed by atoms with Crippen LogP contribution in [0.2, 0.25) is 0 Å². The number of hydrogen-bond acceptors (Lipinski definition) is 11. The van der Waals surface area contributed by atoms with Crippen molar-refractivity contribution in [2.24, 2.45) is 0 Å². The summed E-state index contributed by atoms with van der Waals surface area (Å²) in [7, 11) is 0. The number of H-pyrrole nitrogens is 2. The summed E-state index contributed by atoms with van der Waals surface area (Å²) in [6, 6.07) is 10.8. The standard InChI is InChI=1S/C14H13FN4O4S.C12H11FN4O3/c15-8-1-3-9(4-2-8)16-11(20)7-24-14-17-13(23)10(18-19-14)5-6-12(21)22;13-7-1-3-8(4-2-7)14-12-15-11(20)9(16-17-12)5-6-10(18)19/h1-4H,5-7H2,(H,16,20)(H,21,22)(H,17,19,23);1-4H,5-6H2,(H,18,19)(H2,14,15,17,20). The van der Waals surface area contributed by atoms with Crippen LogP contribution in [0.4, 0.5) is 26.1 Å². The van der Waals surface area contributed by atoms with Crippen molar-refractivity contribution in [3.05, 3.63) is 92.3 Å². The molecular formula is C26H24F2N8O7S. The summed E-state index contributed by atoms with van der Waals surface area (Å²) in [5, 5.41) is 37.4. The van der Waals surface area contributed by atoms with Gasteiger partial charge in [0.1, 0.15) is 23.0 Å². The molecule has 0 bridgehead atoms. The van der Waals surface area contributed by atoms with E-state index in [-0.39, 0.29) is 65.7 Å². The Morgan fingerprint density at radius 1 is 0.727 bits per heavy atom. The first-order chi connectivity index (χ1) is 21.0. The number of carbonyl (C=O) groups is 3. The number of rotatable bonds is 12. The minimum absolute atomic E-state index is 0.00843. The van der Waals surface area contributed by atoms with Gasteiger partial charge in [0, 0.05) is 24.2 Å². The van der Waals surface area contributed by atoms with Crippen LogP contribution in [-0.4, -0.2) is 64.2 Å². The number of carboxylic acid groups (broad SMARTS) is 2. The first-order valence-corrected chi connectivity index (χ1v) is 13.5. The van der Waals surface area contributed by atoms with E-state index in [1.54, 1.807) is 0 Å². The fourth-order valence-corrected chi connectivity index (χ4v) is 3.74. The largest absolute Gasteiger partial charge is 0.481 e. The zero-order valence-corrected chi connectivity index (χ0v) is 23.4. The molecule has 4 rings (SSSR count). The van der Waals surface area contributed by atoms with Crippen LogP contribution >= 0.6 is 11.8 Å². The lowest BCUT2D eigenvalue weighted by atomic mass is 10.2. The summed E-state index contributed by atoms with van der Waals surface area (Å²) >= 11 is 0.967. The minimum Gasteiger partial charge on any atom is -0.481 e. The third kappa shape index (κ3) is 11.4. The molecule has 6 N–H and O–H groups in total. The van der Waals surface area contributed by atoms with Gasteiger partial charge < -0.3 is 20.8 Å². The Labute approximate surface area is 250 Å². The van der Waals surface area contributed by atoms with E-state index in [9.17, 15) is 32.8 Å². The van der Waals surface area contributed by atoms with Gasteiger partial charge in [-0.2, -0.15) is 0 Å². The van der Waals surface area contributed by atoms with Gasteiger partial charge in [0.05, 0.1) is 18.6 Å². The van der Waals surface area contributed by atoms with Gasteiger partial charge in [-0.3, -0.25) is 33.9 Å². The Hall–Kier alpha value is -5.52. The number of thioether (sulfide) groups is 1. The number of carboxylic acids is 2. The Morgan fingerprint density at radius 2 is 1.23 bits per heavy atom. The third-order valence-electron chi connectivity index (χ3n) is 5.24. The van der Waals surface area contributed by atoms with Crippen molar-refractivity contribution in [3.8, 4) is 0 Å². The average Bonchev–Trinajstić information content (AvgIpc) is 2.98. The number of nitrogens with zero attached hydrogens (tertiary/aromatic N) is 4. The molecule has 0 atom stereocenters. The van der Waals surface area contributed by atoms with Gasteiger partial charge in [0.25, 0.3) is 11.1 Å². The van der Waals surface area contributed by atoms with Gasteiger partial charge in [-0.25, -0.2) is 8.78 Å². The number of halogens is 2. The third-order valence-corrected chi connectivity index (χ3v) is 6.10. The summed E-state index contributed by atoms with van der Waals surface area (Å²) in [5.74, 6) is -3.12. The van der Waals surface area contributed by atoms with Gasteiger partial charge in [0.15, 0.2) is 5.16 Å². The molecule has 4 aromatic rings. The minimum atomic E-state index is -1.04. The van der Waals surface area contributed by atoms with Crippen LogP contribution in [0.3, 0.4) is 0 Å². The normalized spacial score (nSPS) is 10.3. The van der Waals surface area contributed by atoms with Gasteiger partial charge in [-0.05, 0) is 48.5 Å². The molecule has 230 valence electrons. The summed E-state index contributed by atoms with van der Waals surface area (Å²) in [6.07, 6.45) is -0.422. The van der Waals surface area contributed by atoms with Crippen LogP contribution in [0.15, 0.2) is 63.3 Å². The molecule has 1 amide bonds. The lowest BCUT2D eigenvalue weighted by molar-refractivity contribution is -0.138. The Morgan fingerprint density at radius 3 is 1.73 bits per heavy atom. The summed E-state index contributed by atoms with van der Waals surface area (Å²) in [4.78, 5) is 60.9. The number of aliphatic carboxylic acids is 2. The molecule has 44 heavy (non-hydrogen) atoms. The zero-order valence-electron chi connectivity index (χ0n) is 22.5. The van der Waals surface area contributed by atoms with Crippen molar-refractivity contribution < 1.29 is 33.4 Å². The molecule has 0 saturated carbocycles. The fourth-order valence-electron chi connectivity index (χ4n) is 3.14. The lowest BCUT2D eigenvalue weighted by Gasteiger charge is -2.04. The van der Waals surface area contributed by atoms with E-state index in [1.165, 1.54) is 48.5 Å². The second-order valence-corrected chi connectivity index (χ2v) is 9.58. The van der Waals surface area contributed by atoms with E-state index < -0.39 is 28.9 Å². The van der Waals surface area contributed by atoms with Crippen LogP contribution in [-0.2, 0) is 27.2 Å². The van der Waals surface area contributed by atoms with Gasteiger partial charge in [-0.15, -0.1) is 20.4 Å². The second kappa shape index (κ2) is 16.2. The monoisotopic (exact) mass is 630 g/mol. The fraction of sp³-hybridized carbons (Fsp3) is 0.192. The van der Waals surface area contributed by atoms with Crippen LogP contribution < -0.4 is 21.8 Å². The van der Waals surface area contributed by atoms with E-state index in [0.29, 0.717) is 11.4 Å². The molecule has 0 unspecified atom stereocenters. The Kier molecular flexibility index (Phi) is 12.1. The predicted octanol–water partition coefficient (Wildman–Crippen LogP) is 2.12. The van der Waals surface area contributed by atoms with E-state index >= 15 is 0 Å². The number of amides is 1. The number of hydrogen-bond donors (Lipinski definition) is 6. The molecule has 18 heteroatoms. The molecule has 0 fully saturated rings. The summed E-state index contributed by atoms with van der Waals surface area (Å²) in [5.41, 5.74) is 0.0216. The van der Waals surface area contributed by atoms with Crippen molar-refractivity contribution in [2.75, 3.05) is 16.4 Å². The maximum absolute atomic E-state index is 12.8. The summed E-state index contributed by atoms with van der Waals surface area (Å²) in [6.45, 7) is 0. The second-order valence-electron chi connectivity index (χ2n) is 8.62. The van der Waals surface area contributed by atoms with Gasteiger partial charge >= 0.3 is 11.9 Å². The SMILES string of the molecule is O=C(O)CCc1nnc(Nc2ccc(F)cc2)[nH]c1=O.O=C(O)CCc1nnc(SCC(=O)Nc2ccc(F)cc2)[nH]c1=O. The zero-order chi connectivity index (χ0) is 32.1. The van der Waals surface area contributed by atoms with Crippen LogP contribution in [0, 0.1) is 11.6 Å². The molecule has 2 aromatic heterocycles. The van der Waals surface area contributed by atoms with Crippen molar-refractivity contribution >= 4 is 46.9 Å². The highest BCUT2D eigenvalue weighted by molar-refractivity contribution is 7.99. The molecule has 0 aliphatic heterocycles. The number of aromatic amines is 2.